The summed E-state index contributed by atoms with van der Waals surface area (Å²) >= 11 is 0. The second kappa shape index (κ2) is 8.15. The largest absolute Gasteiger partial charge is 0.494 e. The monoisotopic (exact) mass is 514 g/mol. The van der Waals surface area contributed by atoms with E-state index in [1.165, 1.54) is 5.56 Å². The van der Waals surface area contributed by atoms with E-state index in [1.807, 2.05) is 37.3 Å². The third-order valence-corrected chi connectivity index (χ3v) is 9.30. The smallest absolute Gasteiger partial charge is 0.261 e. The Balaban J connectivity index is 1.43. The second-order valence-corrected chi connectivity index (χ2v) is 11.9. The van der Waals surface area contributed by atoms with Crippen molar-refractivity contribution in [1.29, 1.82) is 0 Å². The SMILES string of the molecule is CCOc1ccc(S(=O)(=O)Nc2cc3c(c4ccccc24)O[C@]2(C3)N(C)c3ccccc3C2(C)C)cc1. The number of anilines is 2. The molecule has 4 aromatic carbocycles. The fourth-order valence-corrected chi connectivity index (χ4v) is 7.02. The van der Waals surface area contributed by atoms with Crippen molar-refractivity contribution in [2.45, 2.75) is 43.2 Å². The number of fused-ring (bicyclic) bond motifs is 4. The minimum atomic E-state index is -3.82. The van der Waals surface area contributed by atoms with E-state index in [4.69, 9.17) is 9.47 Å². The van der Waals surface area contributed by atoms with Gasteiger partial charge in [0.15, 0.2) is 5.72 Å². The van der Waals surface area contributed by atoms with E-state index < -0.39 is 15.7 Å². The minimum absolute atomic E-state index is 0.181. The van der Waals surface area contributed by atoms with Crippen molar-refractivity contribution >= 4 is 32.2 Å². The van der Waals surface area contributed by atoms with Crippen LogP contribution in [0.15, 0.2) is 83.8 Å². The van der Waals surface area contributed by atoms with Crippen molar-refractivity contribution in [3.05, 3.63) is 90.0 Å². The lowest BCUT2D eigenvalue weighted by Gasteiger charge is -2.42. The van der Waals surface area contributed by atoms with Crippen LogP contribution in [0.2, 0.25) is 0 Å². The van der Waals surface area contributed by atoms with Gasteiger partial charge in [-0.2, -0.15) is 0 Å². The molecule has 0 aliphatic carbocycles. The molecule has 2 aliphatic rings. The Labute approximate surface area is 217 Å². The number of likely N-dealkylation sites (N-methyl/N-ethyl adjacent to an activating group) is 1. The fraction of sp³-hybridized carbons (Fsp3) is 0.267. The molecule has 0 unspecified atom stereocenters. The standard InChI is InChI=1S/C30H30N2O4S/c1-5-35-21-14-16-22(17-15-21)37(33,34)31-26-18-20-19-30(36-28(20)24-11-7-6-10-23(24)26)29(2,3)25-12-8-9-13-27(25)32(30)4/h6-18,31H,5,19H2,1-4H3/t30-/m0/s1. The summed E-state index contributed by atoms with van der Waals surface area (Å²) in [5.41, 5.74) is 3.01. The number of hydrogen-bond donors (Lipinski definition) is 1. The molecule has 6 nitrogen and oxygen atoms in total. The summed E-state index contributed by atoms with van der Waals surface area (Å²) in [5.74, 6) is 1.45. The van der Waals surface area contributed by atoms with Gasteiger partial charge in [0.25, 0.3) is 10.0 Å². The molecule has 37 heavy (non-hydrogen) atoms. The van der Waals surface area contributed by atoms with Crippen LogP contribution >= 0.6 is 0 Å². The van der Waals surface area contributed by atoms with Gasteiger partial charge in [-0.3, -0.25) is 4.72 Å². The van der Waals surface area contributed by atoms with E-state index in [9.17, 15) is 8.42 Å². The Kier molecular flexibility index (Phi) is 5.21. The molecular weight excluding hydrogens is 484 g/mol. The highest BCUT2D eigenvalue weighted by atomic mass is 32.2. The van der Waals surface area contributed by atoms with Crippen LogP contribution in [0.1, 0.15) is 31.9 Å². The van der Waals surface area contributed by atoms with Crippen LogP contribution in [0, 0.1) is 0 Å². The summed E-state index contributed by atoms with van der Waals surface area (Å²) in [6.07, 6.45) is 0.628. The number of para-hydroxylation sites is 1. The molecule has 0 amide bonds. The van der Waals surface area contributed by atoms with Crippen LogP contribution in [0.5, 0.6) is 11.5 Å². The highest BCUT2D eigenvalue weighted by Crippen LogP contribution is 2.57. The molecule has 190 valence electrons. The molecule has 0 bridgehead atoms. The zero-order valence-electron chi connectivity index (χ0n) is 21.4. The predicted octanol–water partition coefficient (Wildman–Crippen LogP) is 6.10. The molecule has 0 saturated carbocycles. The number of nitrogens with one attached hydrogen (secondary N) is 1. The lowest BCUT2D eigenvalue weighted by Crippen LogP contribution is -2.58. The van der Waals surface area contributed by atoms with Gasteiger partial charge in [-0.15, -0.1) is 0 Å². The first-order valence-corrected chi connectivity index (χ1v) is 14.0. The van der Waals surface area contributed by atoms with E-state index in [0.29, 0.717) is 24.5 Å². The zero-order chi connectivity index (χ0) is 26.0. The molecule has 0 aromatic heterocycles. The van der Waals surface area contributed by atoms with Crippen molar-refractivity contribution in [3.8, 4) is 11.5 Å². The van der Waals surface area contributed by atoms with Crippen molar-refractivity contribution in [2.24, 2.45) is 0 Å². The first kappa shape index (κ1) is 23.7. The first-order chi connectivity index (χ1) is 17.7. The normalized spacial score (nSPS) is 19.5. The van der Waals surface area contributed by atoms with E-state index >= 15 is 0 Å². The third-order valence-electron chi connectivity index (χ3n) is 7.92. The van der Waals surface area contributed by atoms with E-state index in [0.717, 1.165) is 27.8 Å². The molecule has 0 saturated heterocycles. The molecule has 2 heterocycles. The van der Waals surface area contributed by atoms with Gasteiger partial charge in [-0.1, -0.05) is 42.5 Å². The van der Waals surface area contributed by atoms with Crippen molar-refractivity contribution in [2.75, 3.05) is 23.3 Å². The van der Waals surface area contributed by atoms with Crippen LogP contribution in [-0.4, -0.2) is 27.8 Å². The highest BCUT2D eigenvalue weighted by Gasteiger charge is 2.60. The van der Waals surface area contributed by atoms with Crippen LogP contribution < -0.4 is 19.1 Å². The molecule has 1 N–H and O–H groups in total. The molecule has 6 rings (SSSR count). The Hall–Kier alpha value is -3.71. The molecule has 0 radical (unpaired) electrons. The van der Waals surface area contributed by atoms with Gasteiger partial charge in [0.05, 0.1) is 22.6 Å². The molecule has 1 atom stereocenters. The van der Waals surface area contributed by atoms with Gasteiger partial charge in [0.2, 0.25) is 0 Å². The van der Waals surface area contributed by atoms with Crippen LogP contribution in [-0.2, 0) is 21.9 Å². The first-order valence-electron chi connectivity index (χ1n) is 12.5. The van der Waals surface area contributed by atoms with E-state index in [1.54, 1.807) is 24.3 Å². The lowest BCUT2D eigenvalue weighted by atomic mass is 9.76. The topological polar surface area (TPSA) is 67.9 Å². The molecule has 2 aliphatic heterocycles. The van der Waals surface area contributed by atoms with Crippen LogP contribution in [0.3, 0.4) is 0 Å². The van der Waals surface area contributed by atoms with E-state index in [2.05, 4.69) is 54.8 Å². The van der Waals surface area contributed by atoms with Gasteiger partial charge in [-0.05, 0) is 62.7 Å². The van der Waals surface area contributed by atoms with Gasteiger partial charge in [0.1, 0.15) is 11.5 Å². The molecule has 0 fully saturated rings. The molecule has 7 heteroatoms. The Morgan fingerprint density at radius 1 is 0.973 bits per heavy atom. The molecular formula is C30H30N2O4S. The van der Waals surface area contributed by atoms with Crippen molar-refractivity contribution < 1.29 is 17.9 Å². The van der Waals surface area contributed by atoms with Crippen LogP contribution in [0.25, 0.3) is 10.8 Å². The molecule has 4 aromatic rings. The Morgan fingerprint density at radius 2 is 1.65 bits per heavy atom. The lowest BCUT2D eigenvalue weighted by molar-refractivity contribution is 0.0362. The quantitative estimate of drug-likeness (QED) is 0.349. The van der Waals surface area contributed by atoms with Gasteiger partial charge >= 0.3 is 0 Å². The minimum Gasteiger partial charge on any atom is -0.494 e. The summed E-state index contributed by atoms with van der Waals surface area (Å²) in [4.78, 5) is 2.42. The maximum atomic E-state index is 13.4. The summed E-state index contributed by atoms with van der Waals surface area (Å²) in [6.45, 7) is 6.85. The predicted molar refractivity (Wildman–Crippen MR) is 147 cm³/mol. The fourth-order valence-electron chi connectivity index (χ4n) is 5.95. The van der Waals surface area contributed by atoms with Crippen LogP contribution in [0.4, 0.5) is 11.4 Å². The zero-order valence-corrected chi connectivity index (χ0v) is 22.2. The van der Waals surface area contributed by atoms with Crippen molar-refractivity contribution in [1.82, 2.24) is 0 Å². The molecule has 1 spiro atoms. The number of benzene rings is 4. The van der Waals surface area contributed by atoms with E-state index in [-0.39, 0.29) is 10.3 Å². The summed E-state index contributed by atoms with van der Waals surface area (Å²) < 4.78 is 42.0. The second-order valence-electron chi connectivity index (χ2n) is 10.2. The third kappa shape index (κ3) is 3.40. The Morgan fingerprint density at radius 3 is 2.35 bits per heavy atom. The van der Waals surface area contributed by atoms with Crippen molar-refractivity contribution in [3.63, 3.8) is 0 Å². The summed E-state index contributed by atoms with van der Waals surface area (Å²) in [7, 11) is -1.73. The number of nitrogens with zero attached hydrogens (tertiary/aromatic N) is 1. The number of rotatable bonds is 5. The number of sulfonamides is 1. The van der Waals surface area contributed by atoms with Gasteiger partial charge in [-0.25, -0.2) is 8.42 Å². The highest BCUT2D eigenvalue weighted by molar-refractivity contribution is 7.92. The number of ether oxygens (including phenoxy) is 2. The summed E-state index contributed by atoms with van der Waals surface area (Å²) in [6, 6.07) is 24.6. The van der Waals surface area contributed by atoms with Gasteiger partial charge in [0, 0.05) is 35.5 Å². The average molecular weight is 515 g/mol. The summed E-state index contributed by atoms with van der Waals surface area (Å²) in [5, 5.41) is 1.69. The Bertz CT molecular complexity index is 1630. The van der Waals surface area contributed by atoms with Gasteiger partial charge < -0.3 is 14.4 Å². The maximum absolute atomic E-state index is 13.4. The average Bonchev–Trinajstić information content (AvgIpc) is 3.36. The number of hydrogen-bond acceptors (Lipinski definition) is 5. The maximum Gasteiger partial charge on any atom is 0.261 e.